The second kappa shape index (κ2) is 6.94. The molecule has 8 nitrogen and oxygen atoms in total. The quantitative estimate of drug-likeness (QED) is 0.711. The van der Waals surface area contributed by atoms with Crippen molar-refractivity contribution in [3.8, 4) is 5.75 Å². The summed E-state index contributed by atoms with van der Waals surface area (Å²) in [4.78, 5) is 23.8. The van der Waals surface area contributed by atoms with E-state index in [-0.39, 0.29) is 12.4 Å². The first kappa shape index (κ1) is 17.0. The van der Waals surface area contributed by atoms with Crippen molar-refractivity contribution in [1.29, 1.82) is 0 Å². The van der Waals surface area contributed by atoms with Crippen LogP contribution in [0, 0.1) is 0 Å². The number of hydrogen-bond donors (Lipinski definition) is 3. The van der Waals surface area contributed by atoms with Crippen molar-refractivity contribution in [2.24, 2.45) is 0 Å². The number of amides is 2. The highest BCUT2D eigenvalue weighted by Crippen LogP contribution is 2.36. The molecule has 0 saturated heterocycles. The van der Waals surface area contributed by atoms with Gasteiger partial charge in [0.1, 0.15) is 17.6 Å². The van der Waals surface area contributed by atoms with E-state index in [9.17, 15) is 14.7 Å². The van der Waals surface area contributed by atoms with Crippen molar-refractivity contribution in [3.63, 3.8) is 0 Å². The number of aryl methyl sites for hydroxylation is 1. The highest BCUT2D eigenvalue weighted by molar-refractivity contribution is 6.39. The summed E-state index contributed by atoms with van der Waals surface area (Å²) in [6, 6.07) is 6.88. The fourth-order valence-electron chi connectivity index (χ4n) is 3.00. The van der Waals surface area contributed by atoms with Crippen LogP contribution in [0.15, 0.2) is 35.1 Å². The molecule has 1 heterocycles. The Kier molecular flexibility index (Phi) is 4.71. The van der Waals surface area contributed by atoms with E-state index in [1.807, 2.05) is 6.07 Å². The highest BCUT2D eigenvalue weighted by atomic mass is 16.5. The summed E-state index contributed by atoms with van der Waals surface area (Å²) in [5, 5.41) is 19.2. The molecule has 1 aliphatic rings. The maximum absolute atomic E-state index is 12.0. The molecular weight excluding hydrogens is 326 g/mol. The molecule has 0 unspecified atom stereocenters. The van der Waals surface area contributed by atoms with Gasteiger partial charge in [-0.25, -0.2) is 0 Å². The van der Waals surface area contributed by atoms with Gasteiger partial charge in [0.15, 0.2) is 5.82 Å². The lowest BCUT2D eigenvalue weighted by Gasteiger charge is -2.34. The number of anilines is 1. The molecule has 132 valence electrons. The lowest BCUT2D eigenvalue weighted by Crippen LogP contribution is -2.46. The van der Waals surface area contributed by atoms with Crippen LogP contribution in [-0.4, -0.2) is 35.7 Å². The van der Waals surface area contributed by atoms with Crippen LogP contribution in [0.5, 0.6) is 5.75 Å². The van der Waals surface area contributed by atoms with Gasteiger partial charge in [0.25, 0.3) is 0 Å². The molecule has 0 aliphatic heterocycles. The first-order chi connectivity index (χ1) is 12.0. The van der Waals surface area contributed by atoms with E-state index in [1.54, 1.807) is 19.2 Å². The zero-order valence-electron chi connectivity index (χ0n) is 13.7. The summed E-state index contributed by atoms with van der Waals surface area (Å²) >= 11 is 0. The first-order valence-electron chi connectivity index (χ1n) is 7.91. The van der Waals surface area contributed by atoms with Gasteiger partial charge in [0.2, 0.25) is 0 Å². The summed E-state index contributed by atoms with van der Waals surface area (Å²) in [6.07, 6.45) is 3.38. The SMILES string of the molecule is COc1ccc2c(c1)CCC[C@@]2(O)CNC(=O)C(=O)Nc1ccon1. The van der Waals surface area contributed by atoms with E-state index < -0.39 is 17.4 Å². The number of carbonyl (C=O) groups excluding carboxylic acids is 2. The first-order valence-corrected chi connectivity index (χ1v) is 7.91. The minimum Gasteiger partial charge on any atom is -0.497 e. The predicted octanol–water partition coefficient (Wildman–Crippen LogP) is 0.962. The van der Waals surface area contributed by atoms with Gasteiger partial charge in [0.05, 0.1) is 13.7 Å². The smallest absolute Gasteiger partial charge is 0.314 e. The molecule has 0 bridgehead atoms. The van der Waals surface area contributed by atoms with Crippen LogP contribution in [0.4, 0.5) is 5.82 Å². The van der Waals surface area contributed by atoms with Gasteiger partial charge in [-0.1, -0.05) is 11.2 Å². The van der Waals surface area contributed by atoms with Crippen molar-refractivity contribution >= 4 is 17.6 Å². The number of ether oxygens (including phenoxy) is 1. The number of fused-ring (bicyclic) bond motifs is 1. The lowest BCUT2D eigenvalue weighted by molar-refractivity contribution is -0.137. The van der Waals surface area contributed by atoms with E-state index in [0.29, 0.717) is 6.42 Å². The molecule has 2 aromatic rings. The molecule has 1 atom stereocenters. The third-order valence-corrected chi connectivity index (χ3v) is 4.28. The van der Waals surface area contributed by atoms with E-state index in [1.165, 1.54) is 12.3 Å². The van der Waals surface area contributed by atoms with Crippen LogP contribution in [0.2, 0.25) is 0 Å². The van der Waals surface area contributed by atoms with Crippen LogP contribution in [0.25, 0.3) is 0 Å². The second-order valence-corrected chi connectivity index (χ2v) is 5.93. The fourth-order valence-corrected chi connectivity index (χ4v) is 3.00. The van der Waals surface area contributed by atoms with E-state index in [2.05, 4.69) is 20.3 Å². The summed E-state index contributed by atoms with van der Waals surface area (Å²) in [5.41, 5.74) is 0.509. The van der Waals surface area contributed by atoms with Gasteiger partial charge in [-0.15, -0.1) is 0 Å². The standard InChI is InChI=1S/C17H19N3O5/c1-24-12-4-5-13-11(9-12)3-2-7-17(13,23)10-18-15(21)16(22)19-14-6-8-25-20-14/h4-6,8-9,23H,2-3,7,10H2,1H3,(H,18,21)(H,19,20,22)/t17-/m1/s1. The van der Waals surface area contributed by atoms with Crippen molar-refractivity contribution in [2.45, 2.75) is 24.9 Å². The summed E-state index contributed by atoms with van der Waals surface area (Å²) in [5.74, 6) is -0.853. The number of nitrogens with zero attached hydrogens (tertiary/aromatic N) is 1. The molecule has 3 rings (SSSR count). The Hall–Kier alpha value is -2.87. The molecule has 1 aromatic carbocycles. The molecule has 0 fully saturated rings. The van der Waals surface area contributed by atoms with Crippen LogP contribution in [0.1, 0.15) is 24.0 Å². The van der Waals surface area contributed by atoms with Crippen molar-refractivity contribution in [2.75, 3.05) is 19.0 Å². The number of nitrogens with one attached hydrogen (secondary N) is 2. The Labute approximate surface area is 144 Å². The number of aromatic nitrogens is 1. The molecule has 8 heteroatoms. The Morgan fingerprint density at radius 3 is 2.92 bits per heavy atom. The summed E-state index contributed by atoms with van der Waals surface area (Å²) < 4.78 is 9.79. The van der Waals surface area contributed by atoms with Crippen LogP contribution in [-0.2, 0) is 21.6 Å². The minimum atomic E-state index is -1.22. The minimum absolute atomic E-state index is 0.0581. The van der Waals surface area contributed by atoms with E-state index in [4.69, 9.17) is 4.74 Å². The van der Waals surface area contributed by atoms with Gasteiger partial charge >= 0.3 is 11.8 Å². The van der Waals surface area contributed by atoms with Crippen molar-refractivity contribution in [1.82, 2.24) is 10.5 Å². The lowest BCUT2D eigenvalue weighted by atomic mass is 9.79. The number of methoxy groups -OCH3 is 1. The predicted molar refractivity (Wildman–Crippen MR) is 88.0 cm³/mol. The summed E-state index contributed by atoms with van der Waals surface area (Å²) in [7, 11) is 1.59. The maximum atomic E-state index is 12.0. The van der Waals surface area contributed by atoms with E-state index >= 15 is 0 Å². The average molecular weight is 345 g/mol. The molecule has 0 saturated carbocycles. The normalized spacial score (nSPS) is 19.0. The number of carbonyl (C=O) groups is 2. The topological polar surface area (TPSA) is 114 Å². The number of aliphatic hydroxyl groups is 1. The Bertz CT molecular complexity index is 775. The summed E-state index contributed by atoms with van der Waals surface area (Å²) in [6.45, 7) is -0.0581. The monoisotopic (exact) mass is 345 g/mol. The van der Waals surface area contributed by atoms with Crippen molar-refractivity contribution < 1.29 is 24.0 Å². The molecule has 2 amide bonds. The third kappa shape index (κ3) is 3.63. The Morgan fingerprint density at radius 2 is 2.20 bits per heavy atom. The van der Waals surface area contributed by atoms with Gasteiger partial charge in [-0.2, -0.15) is 0 Å². The van der Waals surface area contributed by atoms with Crippen LogP contribution < -0.4 is 15.4 Å². The maximum Gasteiger partial charge on any atom is 0.314 e. The number of benzene rings is 1. The Morgan fingerprint density at radius 1 is 1.36 bits per heavy atom. The van der Waals surface area contributed by atoms with E-state index in [0.717, 1.165) is 29.7 Å². The van der Waals surface area contributed by atoms with Gasteiger partial charge in [0, 0.05) is 6.07 Å². The molecule has 25 heavy (non-hydrogen) atoms. The largest absolute Gasteiger partial charge is 0.497 e. The van der Waals surface area contributed by atoms with Crippen LogP contribution >= 0.6 is 0 Å². The van der Waals surface area contributed by atoms with Gasteiger partial charge in [-0.05, 0) is 42.5 Å². The molecule has 3 N–H and O–H groups in total. The van der Waals surface area contributed by atoms with Gasteiger partial charge < -0.3 is 19.7 Å². The second-order valence-electron chi connectivity index (χ2n) is 5.93. The van der Waals surface area contributed by atoms with Gasteiger partial charge in [-0.3, -0.25) is 14.9 Å². The molecule has 0 spiro atoms. The third-order valence-electron chi connectivity index (χ3n) is 4.28. The van der Waals surface area contributed by atoms with Crippen molar-refractivity contribution in [3.05, 3.63) is 41.7 Å². The molecule has 1 aliphatic carbocycles. The molecule has 0 radical (unpaired) electrons. The van der Waals surface area contributed by atoms with Crippen LogP contribution in [0.3, 0.4) is 0 Å². The number of hydrogen-bond acceptors (Lipinski definition) is 6. The fraction of sp³-hybridized carbons (Fsp3) is 0.353. The molecule has 1 aromatic heterocycles. The zero-order valence-corrected chi connectivity index (χ0v) is 13.7. The average Bonchev–Trinajstić information content (AvgIpc) is 3.12. The number of rotatable bonds is 4. The Balaban J connectivity index is 1.66. The molecular formula is C17H19N3O5. The zero-order chi connectivity index (χ0) is 17.9. The highest BCUT2D eigenvalue weighted by Gasteiger charge is 2.35.